The molecule has 0 amide bonds. The van der Waals surface area contributed by atoms with Crippen LogP contribution in [-0.2, 0) is 7.05 Å². The Hall–Kier alpha value is -1.83. The van der Waals surface area contributed by atoms with Gasteiger partial charge in [-0.3, -0.25) is 0 Å². The van der Waals surface area contributed by atoms with Crippen molar-refractivity contribution in [3.63, 3.8) is 0 Å². The molecule has 0 radical (unpaired) electrons. The summed E-state index contributed by atoms with van der Waals surface area (Å²) >= 11 is 0. The van der Waals surface area contributed by atoms with Crippen LogP contribution in [0.25, 0.3) is 22.3 Å². The summed E-state index contributed by atoms with van der Waals surface area (Å²) in [5.41, 5.74) is 3.64. The summed E-state index contributed by atoms with van der Waals surface area (Å²) in [6.45, 7) is 2.14. The second-order valence-electron chi connectivity index (χ2n) is 3.94. The van der Waals surface area contributed by atoms with Crippen molar-refractivity contribution < 1.29 is 0 Å². The number of pyridine rings is 1. The largest absolute Gasteiger partial charge is 0.336 e. The van der Waals surface area contributed by atoms with Crippen LogP contribution in [0.4, 0.5) is 0 Å². The number of rotatable bonds is 0. The second kappa shape index (κ2) is 2.83. The minimum Gasteiger partial charge on any atom is -0.336 e. The van der Waals surface area contributed by atoms with Gasteiger partial charge in [0.05, 0.1) is 5.52 Å². The first-order chi connectivity index (χ1) is 7.27. The average Bonchev–Trinajstić information content (AvgIpc) is 2.64. The fraction of sp³-hybridized carbons (Fsp3) is 0.154. The monoisotopic (exact) mass is 196 g/mol. The van der Waals surface area contributed by atoms with Crippen molar-refractivity contribution in [2.24, 2.45) is 7.05 Å². The van der Waals surface area contributed by atoms with E-state index in [2.05, 4.69) is 46.9 Å². The number of nitrogens with zero attached hydrogens (tertiary/aromatic N) is 2. The third kappa shape index (κ3) is 1.08. The van der Waals surface area contributed by atoms with E-state index >= 15 is 0 Å². The second-order valence-corrected chi connectivity index (χ2v) is 3.94. The van der Waals surface area contributed by atoms with E-state index in [0.717, 1.165) is 11.3 Å². The first-order valence-corrected chi connectivity index (χ1v) is 5.08. The van der Waals surface area contributed by atoms with Gasteiger partial charge in [0.2, 0.25) is 0 Å². The zero-order valence-corrected chi connectivity index (χ0v) is 8.86. The van der Waals surface area contributed by atoms with E-state index in [1.807, 2.05) is 13.1 Å². The zero-order chi connectivity index (χ0) is 10.4. The molecule has 0 fully saturated rings. The van der Waals surface area contributed by atoms with Gasteiger partial charge in [-0.05, 0) is 24.6 Å². The average molecular weight is 196 g/mol. The third-order valence-corrected chi connectivity index (χ3v) is 2.90. The summed E-state index contributed by atoms with van der Waals surface area (Å²) < 4.78 is 2.07. The van der Waals surface area contributed by atoms with Crippen LogP contribution in [0.1, 0.15) is 5.56 Å². The van der Waals surface area contributed by atoms with Gasteiger partial charge in [-0.2, -0.15) is 0 Å². The number of hydrogen-bond donors (Lipinski definition) is 0. The van der Waals surface area contributed by atoms with Gasteiger partial charge in [0.25, 0.3) is 0 Å². The van der Waals surface area contributed by atoms with Gasteiger partial charge in [0.1, 0.15) is 5.82 Å². The summed E-state index contributed by atoms with van der Waals surface area (Å²) in [5, 5.41) is 1.25. The van der Waals surface area contributed by atoms with E-state index in [9.17, 15) is 0 Å². The van der Waals surface area contributed by atoms with Crippen LogP contribution in [0.2, 0.25) is 0 Å². The lowest BCUT2D eigenvalue weighted by atomic mass is 10.1. The molecule has 0 N–H and O–H groups in total. The predicted octanol–water partition coefficient (Wildman–Crippen LogP) is 2.99. The molecule has 0 saturated heterocycles. The highest BCUT2D eigenvalue weighted by Gasteiger charge is 2.14. The summed E-state index contributed by atoms with van der Waals surface area (Å²) in [5.74, 6) is 1.07. The highest BCUT2D eigenvalue weighted by atomic mass is 15.0. The Morgan fingerprint density at radius 1 is 1.13 bits per heavy atom. The molecular weight excluding hydrogens is 184 g/mol. The Labute approximate surface area is 88.5 Å². The molecule has 0 atom stereocenters. The van der Waals surface area contributed by atoms with Crippen molar-refractivity contribution in [3.05, 3.63) is 42.1 Å². The first kappa shape index (κ1) is 8.48. The van der Waals surface area contributed by atoms with Crippen LogP contribution in [0.15, 0.2) is 36.5 Å². The van der Waals surface area contributed by atoms with E-state index < -0.39 is 0 Å². The lowest BCUT2D eigenvalue weighted by molar-refractivity contribution is 0.889. The first-order valence-electron chi connectivity index (χ1n) is 5.08. The number of aromatic nitrogens is 2. The maximum Gasteiger partial charge on any atom is 0.141 e. The topological polar surface area (TPSA) is 17.8 Å². The molecule has 2 nitrogen and oxygen atoms in total. The van der Waals surface area contributed by atoms with E-state index in [4.69, 9.17) is 0 Å². The Kier molecular flexibility index (Phi) is 1.60. The van der Waals surface area contributed by atoms with Crippen LogP contribution in [0, 0.1) is 6.92 Å². The van der Waals surface area contributed by atoms with E-state index in [1.54, 1.807) is 0 Å². The molecule has 74 valence electrons. The van der Waals surface area contributed by atoms with Gasteiger partial charge in [-0.15, -0.1) is 0 Å². The molecule has 2 heterocycles. The van der Waals surface area contributed by atoms with Crippen molar-refractivity contribution in [2.45, 2.75) is 6.92 Å². The summed E-state index contributed by atoms with van der Waals surface area (Å²) in [4.78, 5) is 4.64. The Balaban J connectivity index is 2.57. The molecule has 2 aliphatic heterocycles. The molecule has 1 aromatic rings. The molecule has 0 bridgehead atoms. The van der Waals surface area contributed by atoms with Crippen molar-refractivity contribution >= 4 is 10.9 Å². The Morgan fingerprint density at radius 3 is 2.80 bits per heavy atom. The molecule has 0 unspecified atom stereocenters. The molecule has 0 saturated carbocycles. The normalized spacial score (nSPS) is 11.3. The molecular formula is C13H12N2. The number of hydrogen-bond acceptors (Lipinski definition) is 1. The van der Waals surface area contributed by atoms with Crippen LogP contribution in [-0.4, -0.2) is 9.55 Å². The minimum atomic E-state index is 1.07. The Bertz CT molecular complexity index is 607. The summed E-state index contributed by atoms with van der Waals surface area (Å²) in [7, 11) is 2.04. The van der Waals surface area contributed by atoms with Crippen molar-refractivity contribution in [2.75, 3.05) is 0 Å². The van der Waals surface area contributed by atoms with Crippen LogP contribution >= 0.6 is 0 Å². The smallest absolute Gasteiger partial charge is 0.141 e. The predicted molar refractivity (Wildman–Crippen MR) is 62.1 cm³/mol. The van der Waals surface area contributed by atoms with Gasteiger partial charge in [-0.1, -0.05) is 18.2 Å². The van der Waals surface area contributed by atoms with Gasteiger partial charge >= 0.3 is 0 Å². The van der Waals surface area contributed by atoms with E-state index in [0.29, 0.717) is 0 Å². The van der Waals surface area contributed by atoms with E-state index in [1.165, 1.54) is 16.5 Å². The molecule has 1 aromatic carbocycles. The van der Waals surface area contributed by atoms with Gasteiger partial charge in [0, 0.05) is 24.2 Å². The molecule has 3 rings (SSSR count). The highest BCUT2D eigenvalue weighted by Crippen LogP contribution is 2.32. The SMILES string of the molecule is Cc1ccn(C)c2nc3ccccc3c1-2. The van der Waals surface area contributed by atoms with Crippen molar-refractivity contribution in [3.8, 4) is 11.4 Å². The fourth-order valence-corrected chi connectivity index (χ4v) is 2.09. The zero-order valence-electron chi connectivity index (χ0n) is 8.86. The van der Waals surface area contributed by atoms with Gasteiger partial charge in [-0.25, -0.2) is 4.98 Å². The molecule has 2 heteroatoms. The number of benzene rings is 1. The van der Waals surface area contributed by atoms with Crippen molar-refractivity contribution in [1.29, 1.82) is 0 Å². The molecule has 0 spiro atoms. The maximum atomic E-state index is 4.64. The molecule has 0 aromatic heterocycles. The molecule has 0 aliphatic carbocycles. The summed E-state index contributed by atoms with van der Waals surface area (Å²) in [6, 6.07) is 10.4. The highest BCUT2D eigenvalue weighted by molar-refractivity contribution is 5.97. The van der Waals surface area contributed by atoms with Gasteiger partial charge in [0.15, 0.2) is 0 Å². The third-order valence-electron chi connectivity index (χ3n) is 2.90. The standard InChI is InChI=1S/C13H12N2/c1-9-7-8-15(2)13-12(9)10-5-3-4-6-11(10)14-13/h3-8H,1-2H3. The van der Waals surface area contributed by atoms with E-state index in [-0.39, 0.29) is 0 Å². The molecule has 2 aliphatic rings. The number of aryl methyl sites for hydroxylation is 2. The maximum absolute atomic E-state index is 4.64. The van der Waals surface area contributed by atoms with Crippen molar-refractivity contribution in [1.82, 2.24) is 9.55 Å². The Morgan fingerprint density at radius 2 is 1.93 bits per heavy atom. The lowest BCUT2D eigenvalue weighted by Gasteiger charge is -2.08. The fourth-order valence-electron chi connectivity index (χ4n) is 2.09. The summed E-state index contributed by atoms with van der Waals surface area (Å²) in [6.07, 6.45) is 2.06. The lowest BCUT2D eigenvalue weighted by Crippen LogP contribution is -1.97. The number of para-hydroxylation sites is 1. The van der Waals surface area contributed by atoms with Crippen LogP contribution in [0.3, 0.4) is 0 Å². The van der Waals surface area contributed by atoms with Crippen LogP contribution in [0.5, 0.6) is 0 Å². The molecule has 15 heavy (non-hydrogen) atoms. The minimum absolute atomic E-state index is 1.07. The number of fused-ring (bicyclic) bond motifs is 3. The van der Waals surface area contributed by atoms with Gasteiger partial charge < -0.3 is 4.57 Å². The quantitative estimate of drug-likeness (QED) is 0.540. The van der Waals surface area contributed by atoms with Crippen LogP contribution < -0.4 is 0 Å².